The second-order valence-corrected chi connectivity index (χ2v) is 8.25. The molecule has 7 nitrogen and oxygen atoms in total. The monoisotopic (exact) mass is 392 g/mol. The van der Waals surface area contributed by atoms with Crippen molar-refractivity contribution in [2.75, 3.05) is 13.1 Å². The van der Waals surface area contributed by atoms with Gasteiger partial charge in [-0.25, -0.2) is 12.8 Å². The molecule has 1 fully saturated rings. The number of halogens is 1. The van der Waals surface area contributed by atoms with Gasteiger partial charge < -0.3 is 4.90 Å². The quantitative estimate of drug-likeness (QED) is 0.576. The van der Waals surface area contributed by atoms with E-state index in [1.54, 1.807) is 4.90 Å². The van der Waals surface area contributed by atoms with E-state index in [0.717, 1.165) is 31.0 Å². The number of likely N-dealkylation sites (tertiary alicyclic amines) is 1. The predicted molar refractivity (Wildman–Crippen MR) is 95.5 cm³/mol. The molecule has 0 N–H and O–H groups in total. The van der Waals surface area contributed by atoms with E-state index in [-0.39, 0.29) is 17.0 Å². The molecule has 1 aliphatic heterocycles. The molecular formula is C18H17FN2O5S. The van der Waals surface area contributed by atoms with Crippen molar-refractivity contribution < 1.29 is 22.5 Å². The molecule has 2 aromatic carbocycles. The molecule has 0 unspecified atom stereocenters. The zero-order valence-corrected chi connectivity index (χ0v) is 15.1. The Labute approximate surface area is 155 Å². The highest BCUT2D eigenvalue weighted by atomic mass is 32.2. The van der Waals surface area contributed by atoms with E-state index >= 15 is 0 Å². The molecule has 0 bridgehead atoms. The van der Waals surface area contributed by atoms with E-state index in [1.807, 2.05) is 0 Å². The van der Waals surface area contributed by atoms with E-state index in [4.69, 9.17) is 0 Å². The average molecular weight is 392 g/mol. The average Bonchev–Trinajstić information content (AvgIpc) is 3.17. The summed E-state index contributed by atoms with van der Waals surface area (Å²) in [5.41, 5.74) is -0.700. The molecule has 0 aromatic heterocycles. The first kappa shape index (κ1) is 19.0. The second kappa shape index (κ2) is 7.43. The minimum Gasteiger partial charge on any atom is -0.339 e. The van der Waals surface area contributed by atoms with Crippen molar-refractivity contribution in [2.45, 2.75) is 23.5 Å². The topological polar surface area (TPSA) is 97.6 Å². The molecule has 1 heterocycles. The van der Waals surface area contributed by atoms with Gasteiger partial charge in [0.25, 0.3) is 11.6 Å². The number of hydrogen-bond donors (Lipinski definition) is 0. The molecule has 3 rings (SSSR count). The van der Waals surface area contributed by atoms with Gasteiger partial charge in [-0.2, -0.15) is 0 Å². The highest BCUT2D eigenvalue weighted by Crippen LogP contribution is 2.29. The lowest BCUT2D eigenvalue weighted by Gasteiger charge is -2.15. The summed E-state index contributed by atoms with van der Waals surface area (Å²) in [5, 5.41) is 11.4. The fourth-order valence-electron chi connectivity index (χ4n) is 3.06. The Bertz CT molecular complexity index is 1000. The number of nitro benzene ring substituents is 1. The van der Waals surface area contributed by atoms with Crippen molar-refractivity contribution in [2.24, 2.45) is 0 Å². The molecule has 0 atom stereocenters. The van der Waals surface area contributed by atoms with Crippen LogP contribution in [0.2, 0.25) is 0 Å². The van der Waals surface area contributed by atoms with Crippen molar-refractivity contribution in [1.29, 1.82) is 0 Å². The molecule has 0 aliphatic carbocycles. The molecule has 2 aromatic rings. The molecule has 0 radical (unpaired) electrons. The number of amides is 1. The third-order valence-corrected chi connectivity index (χ3v) is 6.14. The largest absolute Gasteiger partial charge is 0.339 e. The Hall–Kier alpha value is -2.81. The summed E-state index contributed by atoms with van der Waals surface area (Å²) >= 11 is 0. The number of carbonyl (C=O) groups excluding carboxylic acids is 1. The molecular weight excluding hydrogens is 375 g/mol. The lowest BCUT2D eigenvalue weighted by Crippen LogP contribution is -2.27. The van der Waals surface area contributed by atoms with Crippen molar-refractivity contribution >= 4 is 21.4 Å². The van der Waals surface area contributed by atoms with Gasteiger partial charge in [0, 0.05) is 30.3 Å². The molecule has 142 valence electrons. The van der Waals surface area contributed by atoms with Crippen molar-refractivity contribution in [3.63, 3.8) is 0 Å². The van der Waals surface area contributed by atoms with Crippen LogP contribution in [0, 0.1) is 15.9 Å². The normalized spacial score (nSPS) is 14.3. The number of hydrogen-bond acceptors (Lipinski definition) is 5. The summed E-state index contributed by atoms with van der Waals surface area (Å²) < 4.78 is 39.1. The van der Waals surface area contributed by atoms with E-state index in [2.05, 4.69) is 0 Å². The van der Waals surface area contributed by atoms with Gasteiger partial charge in [-0.3, -0.25) is 14.9 Å². The van der Waals surface area contributed by atoms with Gasteiger partial charge in [0.05, 0.1) is 10.7 Å². The molecule has 1 aliphatic rings. The minimum atomic E-state index is -4.18. The molecule has 9 heteroatoms. The Morgan fingerprint density at radius 2 is 1.81 bits per heavy atom. The van der Waals surface area contributed by atoms with E-state index < -0.39 is 36.9 Å². The summed E-state index contributed by atoms with van der Waals surface area (Å²) in [7, 11) is -4.18. The van der Waals surface area contributed by atoms with Gasteiger partial charge in [0.2, 0.25) is 0 Å². The lowest BCUT2D eigenvalue weighted by atomic mass is 10.2. The first-order valence-electron chi connectivity index (χ1n) is 8.33. The SMILES string of the molecule is O=C(c1ccc(S(=O)(=O)Cc2ccccc2F)c([N+](=O)[O-])c1)N1CCCC1. The highest BCUT2D eigenvalue weighted by molar-refractivity contribution is 7.90. The molecule has 0 saturated carbocycles. The fourth-order valence-corrected chi connectivity index (χ4v) is 4.58. The number of benzene rings is 2. The summed E-state index contributed by atoms with van der Waals surface area (Å²) in [6, 6.07) is 8.64. The van der Waals surface area contributed by atoms with Gasteiger partial charge in [0.15, 0.2) is 9.84 Å². The van der Waals surface area contributed by atoms with Crippen LogP contribution in [-0.2, 0) is 15.6 Å². The first-order valence-corrected chi connectivity index (χ1v) is 9.99. The van der Waals surface area contributed by atoms with Crippen molar-refractivity contribution in [3.8, 4) is 0 Å². The van der Waals surface area contributed by atoms with Crippen LogP contribution in [0.3, 0.4) is 0 Å². The van der Waals surface area contributed by atoms with Crippen LogP contribution >= 0.6 is 0 Å². The maximum atomic E-state index is 13.8. The van der Waals surface area contributed by atoms with Gasteiger partial charge >= 0.3 is 0 Å². The van der Waals surface area contributed by atoms with Crippen LogP contribution in [0.1, 0.15) is 28.8 Å². The molecule has 1 amide bonds. The summed E-state index contributed by atoms with van der Waals surface area (Å²) in [6.07, 6.45) is 1.73. The lowest BCUT2D eigenvalue weighted by molar-refractivity contribution is -0.387. The van der Waals surface area contributed by atoms with Gasteiger partial charge in [-0.15, -0.1) is 0 Å². The molecule has 1 saturated heterocycles. The summed E-state index contributed by atoms with van der Waals surface area (Å²) in [4.78, 5) is 24.1. The van der Waals surface area contributed by atoms with Gasteiger partial charge in [-0.1, -0.05) is 18.2 Å². The Morgan fingerprint density at radius 1 is 1.15 bits per heavy atom. The van der Waals surface area contributed by atoms with Crippen molar-refractivity contribution in [1.82, 2.24) is 4.90 Å². The minimum absolute atomic E-state index is 0.0634. The number of nitrogens with zero attached hydrogens (tertiary/aromatic N) is 2. The van der Waals surface area contributed by atoms with E-state index in [1.165, 1.54) is 24.3 Å². The van der Waals surface area contributed by atoms with Crippen LogP contribution in [0.25, 0.3) is 0 Å². The zero-order chi connectivity index (χ0) is 19.6. The standard InChI is InChI=1S/C18H17FN2O5S/c19-15-6-2-1-5-14(15)12-27(25,26)17-8-7-13(11-16(17)21(23)24)18(22)20-9-3-4-10-20/h1-2,5-8,11H,3-4,9-10,12H2. The Balaban J connectivity index is 1.98. The van der Waals surface area contributed by atoms with Crippen LogP contribution in [0.5, 0.6) is 0 Å². The third-order valence-electron chi connectivity index (χ3n) is 4.43. The Morgan fingerprint density at radius 3 is 2.44 bits per heavy atom. The van der Waals surface area contributed by atoms with Crippen molar-refractivity contribution in [3.05, 3.63) is 69.5 Å². The van der Waals surface area contributed by atoms with Crippen LogP contribution in [-0.4, -0.2) is 37.2 Å². The number of sulfone groups is 1. The second-order valence-electron chi connectivity index (χ2n) is 6.29. The maximum Gasteiger partial charge on any atom is 0.288 e. The van der Waals surface area contributed by atoms with Crippen LogP contribution < -0.4 is 0 Å². The fraction of sp³-hybridized carbons (Fsp3) is 0.278. The smallest absolute Gasteiger partial charge is 0.288 e. The molecule has 27 heavy (non-hydrogen) atoms. The van der Waals surface area contributed by atoms with E-state index in [9.17, 15) is 27.7 Å². The highest BCUT2D eigenvalue weighted by Gasteiger charge is 2.29. The van der Waals surface area contributed by atoms with Crippen LogP contribution in [0.4, 0.5) is 10.1 Å². The zero-order valence-electron chi connectivity index (χ0n) is 14.3. The van der Waals surface area contributed by atoms with Gasteiger partial charge in [0.1, 0.15) is 10.7 Å². The third kappa shape index (κ3) is 3.97. The summed E-state index contributed by atoms with van der Waals surface area (Å²) in [6.45, 7) is 1.14. The maximum absolute atomic E-state index is 13.8. The predicted octanol–water partition coefficient (Wildman–Crippen LogP) is 2.94. The Kier molecular flexibility index (Phi) is 5.22. The van der Waals surface area contributed by atoms with E-state index in [0.29, 0.717) is 13.1 Å². The summed E-state index contributed by atoms with van der Waals surface area (Å²) in [5.74, 6) is -1.78. The van der Waals surface area contributed by atoms with Crippen LogP contribution in [0.15, 0.2) is 47.4 Å². The number of rotatable bonds is 5. The first-order chi connectivity index (χ1) is 12.8. The number of nitro groups is 1. The van der Waals surface area contributed by atoms with Gasteiger partial charge in [-0.05, 0) is 31.0 Å². The molecule has 0 spiro atoms. The number of carbonyl (C=O) groups is 1.